The molecule has 0 aliphatic carbocycles. The van der Waals surface area contributed by atoms with E-state index >= 15 is 0 Å². The molecule has 2 aromatic carbocycles. The number of carboxylic acids is 1. The van der Waals surface area contributed by atoms with Crippen molar-refractivity contribution in [3.05, 3.63) is 142 Å². The molecule has 0 bridgehead atoms. The molecule has 6 rings (SSSR count). The average molecular weight is 671 g/mol. The Morgan fingerprint density at radius 2 is 1.12 bits per heavy atom. The quantitative estimate of drug-likeness (QED) is 0.160. The van der Waals surface area contributed by atoms with E-state index in [9.17, 15) is 19.8 Å². The summed E-state index contributed by atoms with van der Waals surface area (Å²) in [5.74, 6) is -1.33. The maximum absolute atomic E-state index is 11.6. The first kappa shape index (κ1) is 38.8. The second-order valence-corrected chi connectivity index (χ2v) is 11.2. The van der Waals surface area contributed by atoms with Gasteiger partial charge < -0.3 is 25.5 Å². The van der Waals surface area contributed by atoms with Gasteiger partial charge in [0.2, 0.25) is 0 Å². The normalized spacial score (nSPS) is 11.7. The Hall–Kier alpha value is -4.62. The summed E-state index contributed by atoms with van der Waals surface area (Å²) in [5.41, 5.74) is 7.55. The van der Waals surface area contributed by atoms with E-state index in [1.54, 1.807) is 50.6 Å². The molecule has 0 aliphatic rings. The van der Waals surface area contributed by atoms with Crippen LogP contribution in [0.4, 0.5) is 0 Å². The summed E-state index contributed by atoms with van der Waals surface area (Å²) >= 11 is 0. The van der Waals surface area contributed by atoms with E-state index in [1.807, 2.05) is 48.5 Å². The number of fused-ring (bicyclic) bond motifs is 2. The zero-order chi connectivity index (χ0) is 33.5. The van der Waals surface area contributed by atoms with Crippen molar-refractivity contribution in [2.24, 2.45) is 0 Å². The number of carboxylic acid groups (broad SMARTS) is 1. The summed E-state index contributed by atoms with van der Waals surface area (Å²) in [6.07, 6.45) is 6.49. The average Bonchev–Trinajstić information content (AvgIpc) is 3.07. The van der Waals surface area contributed by atoms with E-state index in [2.05, 4.69) is 19.9 Å². The van der Waals surface area contributed by atoms with Crippen molar-refractivity contribution in [2.75, 3.05) is 7.11 Å². The Morgan fingerprint density at radius 1 is 0.673 bits per heavy atom. The molecule has 4 heterocycles. The van der Waals surface area contributed by atoms with Gasteiger partial charge >= 0.3 is 41.5 Å². The summed E-state index contributed by atoms with van der Waals surface area (Å²) < 4.78 is 4.74. The number of aliphatic hydroxyl groups excluding tert-OH is 2. The molecule has 0 radical (unpaired) electrons. The molecule has 4 aromatic heterocycles. The van der Waals surface area contributed by atoms with Gasteiger partial charge in [-0.1, -0.05) is 12.1 Å². The van der Waals surface area contributed by atoms with Crippen LogP contribution in [0, 0.1) is 0 Å². The summed E-state index contributed by atoms with van der Waals surface area (Å²) in [6.45, 7) is 3.42. The molecule has 12 heteroatoms. The van der Waals surface area contributed by atoms with Crippen LogP contribution >= 0.6 is 0 Å². The van der Waals surface area contributed by atoms with Gasteiger partial charge in [-0.15, -0.1) is 0 Å². The summed E-state index contributed by atoms with van der Waals surface area (Å²) in [6, 6.07) is 22.1. The van der Waals surface area contributed by atoms with Gasteiger partial charge in [-0.25, -0.2) is 9.59 Å². The minimum Gasteiger partial charge on any atom is -0.870 e. The largest absolute Gasteiger partial charge is 1.00 e. The van der Waals surface area contributed by atoms with Crippen LogP contribution in [0.25, 0.3) is 21.8 Å². The smallest absolute Gasteiger partial charge is 0.870 e. The molecule has 2 atom stereocenters. The van der Waals surface area contributed by atoms with Gasteiger partial charge in [0.15, 0.2) is 0 Å². The molecule has 0 spiro atoms. The maximum atomic E-state index is 11.6. The van der Waals surface area contributed by atoms with Crippen LogP contribution < -0.4 is 29.6 Å². The van der Waals surface area contributed by atoms with Crippen LogP contribution in [0.5, 0.6) is 0 Å². The molecule has 49 heavy (non-hydrogen) atoms. The minimum absolute atomic E-state index is 0. The maximum Gasteiger partial charge on any atom is 1.00 e. The van der Waals surface area contributed by atoms with Crippen LogP contribution in [0.3, 0.4) is 0 Å². The molecule has 6 aromatic rings. The van der Waals surface area contributed by atoms with E-state index in [0.717, 1.165) is 49.8 Å². The molecular weight excluding hydrogens is 635 g/mol. The minimum atomic E-state index is -0.960. The molecule has 0 fully saturated rings. The Kier molecular flexibility index (Phi) is 14.0. The molecule has 0 amide bonds. The summed E-state index contributed by atoms with van der Waals surface area (Å²) in [5, 5.41) is 30.3. The molecule has 0 saturated heterocycles. The number of carbonyl (C=O) groups excluding carboxylic acids is 1. The first-order valence-corrected chi connectivity index (χ1v) is 14.9. The van der Waals surface area contributed by atoms with E-state index < -0.39 is 18.2 Å². The molecule has 11 nitrogen and oxygen atoms in total. The number of aromatic nitrogens is 4. The van der Waals surface area contributed by atoms with Crippen molar-refractivity contribution in [3.63, 3.8) is 0 Å². The molecule has 246 valence electrons. The first-order chi connectivity index (χ1) is 22.6. The van der Waals surface area contributed by atoms with Crippen LogP contribution in [-0.2, 0) is 17.6 Å². The summed E-state index contributed by atoms with van der Waals surface area (Å²) in [7, 11) is 1.36. The number of aliphatic hydroxyl groups is 2. The van der Waals surface area contributed by atoms with Gasteiger partial charge in [0.1, 0.15) is 0 Å². The fourth-order valence-corrected chi connectivity index (χ4v) is 5.02. The number of pyridine rings is 4. The van der Waals surface area contributed by atoms with Gasteiger partial charge in [-0.2, -0.15) is 0 Å². The number of rotatable bonds is 8. The number of aromatic carboxylic acids is 1. The van der Waals surface area contributed by atoms with Crippen molar-refractivity contribution >= 4 is 33.7 Å². The van der Waals surface area contributed by atoms with Crippen molar-refractivity contribution in [1.29, 1.82) is 0 Å². The van der Waals surface area contributed by atoms with Crippen molar-refractivity contribution in [3.8, 4) is 0 Å². The van der Waals surface area contributed by atoms with Crippen molar-refractivity contribution in [1.82, 2.24) is 19.9 Å². The third-order valence-electron chi connectivity index (χ3n) is 7.57. The number of ether oxygens (including phenoxy) is 1. The SMILES string of the molecule is CC(O)c1cnc2ccc(Cc3cc(C(=O)O)ccn3)cc2c1.COC(=O)c1ccnc(Cc2ccc3ncc(C(C)O)cc3c2)c1.[Na+].[OH-]. The number of nitrogens with zero attached hydrogens (tertiary/aromatic N) is 4. The fraction of sp³-hybridized carbons (Fsp3) is 0.189. The van der Waals surface area contributed by atoms with Crippen LogP contribution in [-0.4, -0.2) is 59.8 Å². The third-order valence-corrected chi connectivity index (χ3v) is 7.57. The number of esters is 1. The third kappa shape index (κ3) is 10.2. The number of carbonyl (C=O) groups is 2. The standard InChI is InChI=1S/C19H18N2O3.C18H16N2O3.Na.H2O/c1-12(22)16-9-15-7-13(3-4-18(15)21-11-16)8-17-10-14(5-6-20-17)19(23)24-2;1-11(21)15-8-14-6-12(2-3-17(14)20-10-15)7-16-9-13(18(22)23)4-5-19-16;;/h3-7,9-12,22H,8H2,1-2H3;2-6,8-11,21H,7H2,1H3,(H,22,23);;1H2/q;;+1;/p-1. The number of benzene rings is 2. The molecule has 0 aliphatic heterocycles. The predicted molar refractivity (Wildman–Crippen MR) is 179 cm³/mol. The number of hydrogen-bond acceptors (Lipinski definition) is 10. The second-order valence-electron chi connectivity index (χ2n) is 11.2. The number of methoxy groups -OCH3 is 1. The Morgan fingerprint density at radius 3 is 1.55 bits per heavy atom. The van der Waals surface area contributed by atoms with Gasteiger partial charge in [0.05, 0.1) is 41.5 Å². The van der Waals surface area contributed by atoms with E-state index in [4.69, 9.17) is 9.84 Å². The van der Waals surface area contributed by atoms with Crippen LogP contribution in [0.15, 0.2) is 97.6 Å². The number of hydrogen-bond donors (Lipinski definition) is 3. The fourth-order valence-electron chi connectivity index (χ4n) is 5.02. The molecule has 4 N–H and O–H groups in total. The van der Waals surface area contributed by atoms with Crippen molar-refractivity contribution < 1.29 is 64.7 Å². The Bertz CT molecular complexity index is 2070. The monoisotopic (exact) mass is 670 g/mol. The second kappa shape index (κ2) is 17.7. The predicted octanol–water partition coefficient (Wildman–Crippen LogP) is 2.86. The van der Waals surface area contributed by atoms with E-state index in [0.29, 0.717) is 24.1 Å². The van der Waals surface area contributed by atoms with Gasteiger partial charge in [-0.3, -0.25) is 19.9 Å². The topological polar surface area (TPSA) is 186 Å². The van der Waals surface area contributed by atoms with Gasteiger partial charge in [-0.05, 0) is 96.8 Å². The van der Waals surface area contributed by atoms with Gasteiger partial charge in [0, 0.05) is 59.8 Å². The summed E-state index contributed by atoms with van der Waals surface area (Å²) in [4.78, 5) is 39.9. The zero-order valence-electron chi connectivity index (χ0n) is 27.6. The zero-order valence-corrected chi connectivity index (χ0v) is 29.6. The van der Waals surface area contributed by atoms with Crippen molar-refractivity contribution in [2.45, 2.75) is 38.9 Å². The van der Waals surface area contributed by atoms with Crippen LogP contribution in [0.2, 0.25) is 0 Å². The Labute approximate surface area is 305 Å². The van der Waals surface area contributed by atoms with Gasteiger partial charge in [0.25, 0.3) is 0 Å². The molecule has 0 saturated carbocycles. The molecule has 2 unspecified atom stereocenters. The molecular formula is C37H35N4NaO7. The van der Waals surface area contributed by atoms with E-state index in [1.165, 1.54) is 19.4 Å². The Balaban J connectivity index is 0.000000255. The van der Waals surface area contributed by atoms with Crippen LogP contribution in [0.1, 0.15) is 80.4 Å². The first-order valence-electron chi connectivity index (χ1n) is 14.9. The van der Waals surface area contributed by atoms with E-state index in [-0.39, 0.29) is 46.6 Å².